The van der Waals surface area contributed by atoms with Crippen LogP contribution in [0.4, 0.5) is 0 Å². The van der Waals surface area contributed by atoms with Crippen LogP contribution in [0.25, 0.3) is 0 Å². The second-order valence-corrected chi connectivity index (χ2v) is 4.62. The monoisotopic (exact) mass is 222 g/mol. The minimum Gasteiger partial charge on any atom is -0.480 e. The van der Waals surface area contributed by atoms with Crippen molar-refractivity contribution in [1.29, 1.82) is 0 Å². The number of hydrogen-bond acceptors (Lipinski definition) is 4. The number of carboxylic acid groups (broad SMARTS) is 1. The maximum atomic E-state index is 10.8. The SMILES string of the molecule is COCC(O)CSC(C(=O)O)C(C)C. The molecule has 0 aromatic carbocycles. The largest absolute Gasteiger partial charge is 0.480 e. The van der Waals surface area contributed by atoms with E-state index < -0.39 is 17.3 Å². The van der Waals surface area contributed by atoms with E-state index in [0.29, 0.717) is 5.75 Å². The van der Waals surface area contributed by atoms with Gasteiger partial charge >= 0.3 is 5.97 Å². The molecule has 0 aromatic rings. The fraction of sp³-hybridized carbons (Fsp3) is 0.889. The molecular weight excluding hydrogens is 204 g/mol. The molecule has 2 N–H and O–H groups in total. The van der Waals surface area contributed by atoms with Gasteiger partial charge in [-0.15, -0.1) is 11.8 Å². The molecule has 0 spiro atoms. The summed E-state index contributed by atoms with van der Waals surface area (Å²) < 4.78 is 4.75. The summed E-state index contributed by atoms with van der Waals surface area (Å²) in [7, 11) is 1.50. The minimum absolute atomic E-state index is 0.0623. The lowest BCUT2D eigenvalue weighted by Crippen LogP contribution is -2.26. The second kappa shape index (κ2) is 7.09. The van der Waals surface area contributed by atoms with E-state index in [9.17, 15) is 9.90 Å². The van der Waals surface area contributed by atoms with Crippen LogP contribution in [-0.4, -0.2) is 47.0 Å². The quantitative estimate of drug-likeness (QED) is 0.668. The molecule has 0 saturated heterocycles. The van der Waals surface area contributed by atoms with E-state index in [1.54, 1.807) is 0 Å². The average molecular weight is 222 g/mol. The molecule has 0 amide bonds. The van der Waals surface area contributed by atoms with Crippen molar-refractivity contribution >= 4 is 17.7 Å². The number of hydrogen-bond donors (Lipinski definition) is 2. The van der Waals surface area contributed by atoms with Crippen molar-refractivity contribution in [1.82, 2.24) is 0 Å². The highest BCUT2D eigenvalue weighted by molar-refractivity contribution is 8.00. The maximum Gasteiger partial charge on any atom is 0.316 e. The number of aliphatic hydroxyl groups is 1. The number of aliphatic hydroxyl groups excluding tert-OH is 1. The Hall–Kier alpha value is -0.260. The van der Waals surface area contributed by atoms with E-state index in [0.717, 1.165) is 0 Å². The zero-order valence-electron chi connectivity index (χ0n) is 8.77. The number of carboxylic acids is 1. The summed E-state index contributed by atoms with van der Waals surface area (Å²) in [6.45, 7) is 3.96. The van der Waals surface area contributed by atoms with Gasteiger partial charge in [-0.3, -0.25) is 4.79 Å². The Kier molecular flexibility index (Phi) is 6.96. The summed E-state index contributed by atoms with van der Waals surface area (Å²) in [5.74, 6) is -0.370. The van der Waals surface area contributed by atoms with Crippen LogP contribution >= 0.6 is 11.8 Å². The molecule has 0 fully saturated rings. The highest BCUT2D eigenvalue weighted by Crippen LogP contribution is 2.20. The van der Waals surface area contributed by atoms with Crippen molar-refractivity contribution in [3.05, 3.63) is 0 Å². The van der Waals surface area contributed by atoms with Gasteiger partial charge in [0.2, 0.25) is 0 Å². The Morgan fingerprint density at radius 2 is 2.07 bits per heavy atom. The molecule has 14 heavy (non-hydrogen) atoms. The van der Waals surface area contributed by atoms with E-state index in [1.165, 1.54) is 18.9 Å². The van der Waals surface area contributed by atoms with E-state index >= 15 is 0 Å². The van der Waals surface area contributed by atoms with Crippen LogP contribution in [0, 0.1) is 5.92 Å². The molecule has 0 aliphatic rings. The molecule has 0 radical (unpaired) electrons. The van der Waals surface area contributed by atoms with Gasteiger partial charge in [0.1, 0.15) is 5.25 Å². The number of aliphatic carboxylic acids is 1. The summed E-state index contributed by atoms with van der Waals surface area (Å²) in [5.41, 5.74) is 0. The van der Waals surface area contributed by atoms with Crippen LogP contribution in [-0.2, 0) is 9.53 Å². The normalized spacial score (nSPS) is 15.5. The minimum atomic E-state index is -0.824. The van der Waals surface area contributed by atoms with Crippen LogP contribution < -0.4 is 0 Å². The molecular formula is C9H18O4S. The molecule has 4 nitrogen and oxygen atoms in total. The Morgan fingerprint density at radius 1 is 1.50 bits per heavy atom. The van der Waals surface area contributed by atoms with Gasteiger partial charge in [-0.05, 0) is 5.92 Å². The molecule has 2 unspecified atom stereocenters. The third-order valence-corrected chi connectivity index (χ3v) is 3.36. The lowest BCUT2D eigenvalue weighted by molar-refractivity contribution is -0.137. The van der Waals surface area contributed by atoms with Crippen LogP contribution in [0.1, 0.15) is 13.8 Å². The Bertz CT molecular complexity index is 172. The van der Waals surface area contributed by atoms with Gasteiger partial charge in [-0.1, -0.05) is 13.8 Å². The number of thioether (sulfide) groups is 1. The highest BCUT2D eigenvalue weighted by atomic mass is 32.2. The fourth-order valence-electron chi connectivity index (χ4n) is 1.00. The van der Waals surface area contributed by atoms with Crippen LogP contribution in [0.3, 0.4) is 0 Å². The smallest absolute Gasteiger partial charge is 0.316 e. The zero-order chi connectivity index (χ0) is 11.1. The first-order chi connectivity index (χ1) is 6.49. The Balaban J connectivity index is 3.88. The molecule has 0 rings (SSSR count). The molecule has 84 valence electrons. The first-order valence-electron chi connectivity index (χ1n) is 4.50. The predicted octanol–water partition coefficient (Wildman–Crippen LogP) is 0.836. The first kappa shape index (κ1) is 13.7. The van der Waals surface area contributed by atoms with E-state index in [4.69, 9.17) is 9.84 Å². The van der Waals surface area contributed by atoms with Crippen LogP contribution in [0.2, 0.25) is 0 Å². The Morgan fingerprint density at radius 3 is 2.43 bits per heavy atom. The maximum absolute atomic E-state index is 10.8. The van der Waals surface area contributed by atoms with Gasteiger partial charge in [0.15, 0.2) is 0 Å². The predicted molar refractivity (Wildman–Crippen MR) is 56.6 cm³/mol. The topological polar surface area (TPSA) is 66.8 Å². The highest BCUT2D eigenvalue weighted by Gasteiger charge is 2.22. The third kappa shape index (κ3) is 5.47. The molecule has 0 heterocycles. The molecule has 0 saturated carbocycles. The van der Waals surface area contributed by atoms with Crippen LogP contribution in [0.15, 0.2) is 0 Å². The van der Waals surface area contributed by atoms with Crippen molar-refractivity contribution in [3.8, 4) is 0 Å². The fourth-order valence-corrected chi connectivity index (χ4v) is 2.06. The van der Waals surface area contributed by atoms with Gasteiger partial charge in [-0.25, -0.2) is 0 Å². The van der Waals surface area contributed by atoms with E-state index in [1.807, 2.05) is 13.8 Å². The summed E-state index contributed by atoms with van der Waals surface area (Å²) in [5, 5.41) is 17.7. The first-order valence-corrected chi connectivity index (χ1v) is 5.55. The molecule has 0 aliphatic heterocycles. The summed E-state index contributed by atoms with van der Waals surface area (Å²) in [4.78, 5) is 10.8. The van der Waals surface area contributed by atoms with Crippen molar-refractivity contribution in [2.45, 2.75) is 25.2 Å². The number of ether oxygens (including phenoxy) is 1. The number of rotatable bonds is 7. The van der Waals surface area contributed by atoms with E-state index in [-0.39, 0.29) is 12.5 Å². The van der Waals surface area contributed by atoms with Crippen molar-refractivity contribution in [2.24, 2.45) is 5.92 Å². The third-order valence-electron chi connectivity index (χ3n) is 1.68. The zero-order valence-corrected chi connectivity index (χ0v) is 9.58. The lowest BCUT2D eigenvalue weighted by atomic mass is 10.1. The number of methoxy groups -OCH3 is 1. The van der Waals surface area contributed by atoms with Gasteiger partial charge in [0, 0.05) is 12.9 Å². The second-order valence-electron chi connectivity index (χ2n) is 3.45. The van der Waals surface area contributed by atoms with Gasteiger partial charge in [-0.2, -0.15) is 0 Å². The standard InChI is InChI=1S/C9H18O4S/c1-6(2)8(9(11)12)14-5-7(10)4-13-3/h6-8,10H,4-5H2,1-3H3,(H,11,12). The summed E-state index contributed by atoms with van der Waals surface area (Å²) >= 11 is 1.26. The molecule has 0 aliphatic carbocycles. The molecule has 5 heteroatoms. The van der Waals surface area contributed by atoms with Gasteiger partial charge in [0.05, 0.1) is 12.7 Å². The van der Waals surface area contributed by atoms with Crippen molar-refractivity contribution in [2.75, 3.05) is 19.5 Å². The van der Waals surface area contributed by atoms with Crippen molar-refractivity contribution in [3.63, 3.8) is 0 Å². The average Bonchev–Trinajstić information content (AvgIpc) is 2.03. The summed E-state index contributed by atoms with van der Waals surface area (Å²) in [6.07, 6.45) is -0.592. The molecule has 0 aromatic heterocycles. The van der Waals surface area contributed by atoms with Crippen molar-refractivity contribution < 1.29 is 19.7 Å². The van der Waals surface area contributed by atoms with Gasteiger partial charge in [0.25, 0.3) is 0 Å². The molecule has 0 bridgehead atoms. The Labute approximate surface area is 88.6 Å². The van der Waals surface area contributed by atoms with Crippen LogP contribution in [0.5, 0.6) is 0 Å². The lowest BCUT2D eigenvalue weighted by Gasteiger charge is -2.17. The van der Waals surface area contributed by atoms with Gasteiger partial charge < -0.3 is 14.9 Å². The van der Waals surface area contributed by atoms with E-state index in [2.05, 4.69) is 0 Å². The molecule has 2 atom stereocenters. The summed E-state index contributed by atoms with van der Waals surface area (Å²) in [6, 6.07) is 0. The number of carbonyl (C=O) groups is 1.